The van der Waals surface area contributed by atoms with Gasteiger partial charge >= 0.3 is 0 Å². The van der Waals surface area contributed by atoms with Crippen LogP contribution in [0.3, 0.4) is 0 Å². The molecule has 0 fully saturated rings. The molecule has 0 bridgehead atoms. The Morgan fingerprint density at radius 3 is 2.58 bits per heavy atom. The van der Waals surface area contributed by atoms with Gasteiger partial charge in [0.15, 0.2) is 5.76 Å². The maximum Gasteiger partial charge on any atom is 0.286 e. The van der Waals surface area contributed by atoms with Crippen molar-refractivity contribution in [1.29, 1.82) is 0 Å². The van der Waals surface area contributed by atoms with Gasteiger partial charge in [-0.15, -0.1) is 0 Å². The predicted octanol–water partition coefficient (Wildman–Crippen LogP) is 0.681. The monoisotopic (exact) mass is 383 g/mol. The molecule has 0 radical (unpaired) electrons. The van der Waals surface area contributed by atoms with Gasteiger partial charge in [0.1, 0.15) is 11.6 Å². The van der Waals surface area contributed by atoms with E-state index < -0.39 is 34.2 Å². The van der Waals surface area contributed by atoms with E-state index in [0.717, 1.165) is 18.2 Å². The maximum atomic E-state index is 13.1. The number of aryl methyl sites for hydroxylation is 1. The first-order chi connectivity index (χ1) is 12.2. The molecule has 0 unspecified atom stereocenters. The Balaban J connectivity index is 1.90. The molecule has 10 heteroatoms. The fraction of sp³-hybridized carbons (Fsp3) is 0.250. The lowest BCUT2D eigenvalue weighted by Crippen LogP contribution is -2.36. The third-order valence-electron chi connectivity index (χ3n) is 3.42. The molecule has 0 atom stereocenters. The number of rotatable bonds is 7. The van der Waals surface area contributed by atoms with Crippen LogP contribution < -0.4 is 15.4 Å². The van der Waals surface area contributed by atoms with E-state index in [1.54, 1.807) is 0 Å². The van der Waals surface area contributed by atoms with Crippen LogP contribution in [0.5, 0.6) is 0 Å². The predicted molar refractivity (Wildman–Crippen MR) is 90.3 cm³/mol. The highest BCUT2D eigenvalue weighted by Crippen LogP contribution is 2.15. The molecule has 8 nitrogen and oxygen atoms in total. The smallest absolute Gasteiger partial charge is 0.286 e. The average molecular weight is 383 g/mol. The van der Waals surface area contributed by atoms with E-state index in [9.17, 15) is 22.4 Å². The van der Waals surface area contributed by atoms with Gasteiger partial charge in [0.25, 0.3) is 5.91 Å². The van der Waals surface area contributed by atoms with Crippen LogP contribution in [0.25, 0.3) is 0 Å². The summed E-state index contributed by atoms with van der Waals surface area (Å²) in [6.07, 6.45) is 0. The first-order valence-electron chi connectivity index (χ1n) is 7.56. The van der Waals surface area contributed by atoms with Crippen LogP contribution in [-0.4, -0.2) is 33.8 Å². The Labute approximate surface area is 149 Å². The molecular weight excluding hydrogens is 365 g/mol. The SMILES string of the molecule is CNC(=O)c1ccc(CNC(=O)CNS(=O)(=O)c2ccc(F)cc2C)o1. The van der Waals surface area contributed by atoms with Gasteiger partial charge in [-0.05, 0) is 42.8 Å². The number of hydrogen-bond acceptors (Lipinski definition) is 5. The van der Waals surface area contributed by atoms with Crippen LogP contribution in [0.1, 0.15) is 21.9 Å². The maximum absolute atomic E-state index is 13.1. The fourth-order valence-corrected chi connectivity index (χ4v) is 3.33. The number of carbonyl (C=O) groups is 2. The van der Waals surface area contributed by atoms with Crippen molar-refractivity contribution in [2.24, 2.45) is 0 Å². The first kappa shape index (κ1) is 19.6. The third-order valence-corrected chi connectivity index (χ3v) is 4.98. The number of halogens is 1. The zero-order valence-corrected chi connectivity index (χ0v) is 14.9. The van der Waals surface area contributed by atoms with Gasteiger partial charge in [0.2, 0.25) is 15.9 Å². The van der Waals surface area contributed by atoms with E-state index in [2.05, 4.69) is 15.4 Å². The van der Waals surface area contributed by atoms with Gasteiger partial charge in [-0.2, -0.15) is 0 Å². The van der Waals surface area contributed by atoms with E-state index in [1.165, 1.54) is 26.1 Å². The minimum Gasteiger partial charge on any atom is -0.454 e. The highest BCUT2D eigenvalue weighted by molar-refractivity contribution is 7.89. The molecule has 1 aromatic carbocycles. The highest BCUT2D eigenvalue weighted by atomic mass is 32.2. The van der Waals surface area contributed by atoms with Gasteiger partial charge in [0, 0.05) is 7.05 Å². The molecule has 0 aliphatic carbocycles. The van der Waals surface area contributed by atoms with Crippen molar-refractivity contribution in [3.05, 3.63) is 53.2 Å². The summed E-state index contributed by atoms with van der Waals surface area (Å²) >= 11 is 0. The van der Waals surface area contributed by atoms with Crippen LogP contribution >= 0.6 is 0 Å². The summed E-state index contributed by atoms with van der Waals surface area (Å²) in [5, 5.41) is 4.87. The van der Waals surface area contributed by atoms with Gasteiger partial charge in [0.05, 0.1) is 18.0 Å². The lowest BCUT2D eigenvalue weighted by molar-refractivity contribution is -0.120. The fourth-order valence-electron chi connectivity index (χ4n) is 2.12. The lowest BCUT2D eigenvalue weighted by atomic mass is 10.2. The van der Waals surface area contributed by atoms with Crippen molar-refractivity contribution < 1.29 is 26.8 Å². The van der Waals surface area contributed by atoms with Gasteiger partial charge in [-0.1, -0.05) is 0 Å². The van der Waals surface area contributed by atoms with E-state index >= 15 is 0 Å². The molecule has 1 heterocycles. The van der Waals surface area contributed by atoms with Gasteiger partial charge in [-0.3, -0.25) is 9.59 Å². The highest BCUT2D eigenvalue weighted by Gasteiger charge is 2.18. The number of carbonyl (C=O) groups excluding carboxylic acids is 2. The Hall–Kier alpha value is -2.72. The van der Waals surface area contributed by atoms with Crippen molar-refractivity contribution in [3.63, 3.8) is 0 Å². The van der Waals surface area contributed by atoms with Crippen LogP contribution in [0, 0.1) is 12.7 Å². The van der Waals surface area contributed by atoms with Crippen LogP contribution in [0.4, 0.5) is 4.39 Å². The molecule has 1 aromatic heterocycles. The minimum absolute atomic E-state index is 0.00681. The molecule has 3 N–H and O–H groups in total. The van der Waals surface area contributed by atoms with E-state index in [-0.39, 0.29) is 22.8 Å². The normalized spacial score (nSPS) is 11.2. The second-order valence-electron chi connectivity index (χ2n) is 5.36. The largest absolute Gasteiger partial charge is 0.454 e. The topological polar surface area (TPSA) is 118 Å². The quantitative estimate of drug-likeness (QED) is 0.650. The minimum atomic E-state index is -3.95. The summed E-state index contributed by atoms with van der Waals surface area (Å²) in [7, 11) is -2.49. The Bertz CT molecular complexity index is 924. The van der Waals surface area contributed by atoms with Crippen molar-refractivity contribution in [2.75, 3.05) is 13.6 Å². The van der Waals surface area contributed by atoms with Crippen LogP contribution in [0.15, 0.2) is 39.6 Å². The van der Waals surface area contributed by atoms with Crippen LogP contribution in [0.2, 0.25) is 0 Å². The summed E-state index contributed by atoms with van der Waals surface area (Å²) in [6, 6.07) is 6.24. The Morgan fingerprint density at radius 1 is 1.19 bits per heavy atom. The number of sulfonamides is 1. The van der Waals surface area contributed by atoms with Crippen LogP contribution in [-0.2, 0) is 21.4 Å². The van der Waals surface area contributed by atoms with Crippen molar-refractivity contribution in [1.82, 2.24) is 15.4 Å². The Kier molecular flexibility index (Phi) is 6.11. The van der Waals surface area contributed by atoms with Gasteiger partial charge in [-0.25, -0.2) is 17.5 Å². The summed E-state index contributed by atoms with van der Waals surface area (Å²) < 4.78 is 44.8. The molecule has 2 aromatic rings. The second-order valence-corrected chi connectivity index (χ2v) is 7.09. The summed E-state index contributed by atoms with van der Waals surface area (Å²) in [5.74, 6) is -1.09. The molecule has 0 spiro atoms. The van der Waals surface area contributed by atoms with E-state index in [0.29, 0.717) is 5.76 Å². The van der Waals surface area contributed by atoms with Crippen molar-refractivity contribution >= 4 is 21.8 Å². The lowest BCUT2D eigenvalue weighted by Gasteiger charge is -2.09. The number of benzene rings is 1. The molecule has 0 saturated carbocycles. The third kappa shape index (κ3) is 4.90. The molecular formula is C16H18FN3O5S. The summed E-state index contributed by atoms with van der Waals surface area (Å²) in [6.45, 7) is 0.952. The average Bonchev–Trinajstić information content (AvgIpc) is 3.06. The zero-order valence-electron chi connectivity index (χ0n) is 14.1. The molecule has 26 heavy (non-hydrogen) atoms. The Morgan fingerprint density at radius 2 is 1.92 bits per heavy atom. The summed E-state index contributed by atoms with van der Waals surface area (Å²) in [4.78, 5) is 23.1. The number of hydrogen-bond donors (Lipinski definition) is 3. The molecule has 0 aliphatic rings. The molecule has 2 amide bonds. The number of furan rings is 1. The summed E-state index contributed by atoms with van der Waals surface area (Å²) in [5.41, 5.74) is 0.232. The standard InChI is InChI=1S/C16H18FN3O5S/c1-10-7-11(17)3-6-14(10)26(23,24)20-9-15(21)19-8-12-4-5-13(25-12)16(22)18-2/h3-7,20H,8-9H2,1-2H3,(H,18,22)(H,19,21). The molecule has 140 valence electrons. The molecule has 0 saturated heterocycles. The zero-order chi connectivity index (χ0) is 19.3. The van der Waals surface area contributed by atoms with E-state index in [1.807, 2.05) is 0 Å². The van der Waals surface area contributed by atoms with Crippen molar-refractivity contribution in [3.8, 4) is 0 Å². The van der Waals surface area contributed by atoms with Crippen molar-refractivity contribution in [2.45, 2.75) is 18.4 Å². The van der Waals surface area contributed by atoms with E-state index in [4.69, 9.17) is 4.42 Å². The van der Waals surface area contributed by atoms with Gasteiger partial charge < -0.3 is 15.1 Å². The number of nitrogens with one attached hydrogen (secondary N) is 3. The first-order valence-corrected chi connectivity index (χ1v) is 9.04. The number of amides is 2. The second kappa shape index (κ2) is 8.11. The molecule has 2 rings (SSSR count). The molecule has 0 aliphatic heterocycles.